The Hall–Kier alpha value is -2.03. The SMILES string of the molecule is CC(C)OC(OC(C)C)C1(C(F)(F)F)c2cc(Cl)ccc2Nc2c1cc[nH]c2=O. The van der Waals surface area contributed by atoms with Crippen molar-refractivity contribution in [3.8, 4) is 0 Å². The summed E-state index contributed by atoms with van der Waals surface area (Å²) >= 11 is 6.08. The first kappa shape index (κ1) is 21.7. The van der Waals surface area contributed by atoms with E-state index in [4.69, 9.17) is 21.1 Å². The van der Waals surface area contributed by atoms with Crippen LogP contribution >= 0.6 is 11.6 Å². The number of H-pyrrole nitrogens is 1. The first-order chi connectivity index (χ1) is 13.5. The van der Waals surface area contributed by atoms with E-state index in [1.165, 1.54) is 30.5 Å². The summed E-state index contributed by atoms with van der Waals surface area (Å²) in [6, 6.07) is 5.33. The zero-order valence-corrected chi connectivity index (χ0v) is 17.1. The van der Waals surface area contributed by atoms with Crippen LogP contribution in [0.25, 0.3) is 0 Å². The molecule has 0 saturated carbocycles. The number of aromatic amines is 1. The van der Waals surface area contributed by atoms with Gasteiger partial charge in [0.15, 0.2) is 11.7 Å². The highest BCUT2D eigenvalue weighted by Crippen LogP contribution is 2.56. The van der Waals surface area contributed by atoms with Crippen molar-refractivity contribution < 1.29 is 22.6 Å². The van der Waals surface area contributed by atoms with E-state index in [0.717, 1.165) is 0 Å². The van der Waals surface area contributed by atoms with Crippen LogP contribution in [0.1, 0.15) is 38.8 Å². The average molecular weight is 431 g/mol. The van der Waals surface area contributed by atoms with E-state index in [0.29, 0.717) is 0 Å². The highest BCUT2D eigenvalue weighted by Gasteiger charge is 2.66. The number of halogens is 4. The van der Waals surface area contributed by atoms with E-state index >= 15 is 13.2 Å². The summed E-state index contributed by atoms with van der Waals surface area (Å²) < 4.78 is 56.5. The molecule has 2 aromatic rings. The summed E-state index contributed by atoms with van der Waals surface area (Å²) in [5.41, 5.74) is -3.98. The van der Waals surface area contributed by atoms with Crippen LogP contribution in [0.4, 0.5) is 24.5 Å². The number of pyridine rings is 1. The molecule has 2 N–H and O–H groups in total. The van der Waals surface area contributed by atoms with Crippen molar-refractivity contribution in [2.45, 2.75) is 57.8 Å². The number of rotatable bonds is 5. The lowest BCUT2D eigenvalue weighted by molar-refractivity contribution is -0.286. The summed E-state index contributed by atoms with van der Waals surface area (Å²) in [7, 11) is 0. The highest BCUT2D eigenvalue weighted by atomic mass is 35.5. The third-order valence-corrected chi connectivity index (χ3v) is 4.88. The van der Waals surface area contributed by atoms with Gasteiger partial charge in [-0.15, -0.1) is 0 Å². The molecule has 1 aromatic carbocycles. The normalized spacial score (nSPS) is 18.7. The average Bonchev–Trinajstić information content (AvgIpc) is 2.58. The standard InChI is InChI=1S/C20H22ClF3N2O3/c1-10(2)28-18(29-11(3)4)19(20(22,23)24)13-7-8-25-17(27)16(13)26-15-6-5-12(21)9-14(15)19/h5-11,18,26H,1-4H3,(H,25,27). The second kappa shape index (κ2) is 7.66. The van der Waals surface area contributed by atoms with Crippen LogP contribution in [-0.4, -0.2) is 29.7 Å². The monoisotopic (exact) mass is 430 g/mol. The van der Waals surface area contributed by atoms with E-state index in [1.54, 1.807) is 27.7 Å². The van der Waals surface area contributed by atoms with Gasteiger partial charge in [-0.05, 0) is 52.0 Å². The highest BCUT2D eigenvalue weighted by molar-refractivity contribution is 6.30. The lowest BCUT2D eigenvalue weighted by Crippen LogP contribution is -2.57. The quantitative estimate of drug-likeness (QED) is 0.647. The van der Waals surface area contributed by atoms with E-state index in [9.17, 15) is 4.79 Å². The smallest absolute Gasteiger partial charge is 0.351 e. The predicted octanol–water partition coefficient (Wildman–Crippen LogP) is 5.11. The third kappa shape index (κ3) is 3.65. The topological polar surface area (TPSA) is 63.4 Å². The molecule has 0 bridgehead atoms. The number of anilines is 2. The Morgan fingerprint density at radius 3 is 2.21 bits per heavy atom. The largest absolute Gasteiger partial charge is 0.407 e. The second-order valence-corrected chi connectivity index (χ2v) is 7.85. The minimum Gasteiger partial charge on any atom is -0.351 e. The molecule has 0 radical (unpaired) electrons. The van der Waals surface area contributed by atoms with Crippen LogP contribution in [-0.2, 0) is 14.9 Å². The molecule has 1 aromatic heterocycles. The molecule has 5 nitrogen and oxygen atoms in total. The lowest BCUT2D eigenvalue weighted by Gasteiger charge is -2.46. The molecule has 2 heterocycles. The molecule has 29 heavy (non-hydrogen) atoms. The Morgan fingerprint density at radius 1 is 1.03 bits per heavy atom. The maximum Gasteiger partial charge on any atom is 0.407 e. The molecule has 1 aliphatic rings. The molecule has 3 rings (SSSR count). The number of benzene rings is 1. The number of ether oxygens (including phenoxy) is 2. The van der Waals surface area contributed by atoms with Crippen molar-refractivity contribution in [2.75, 3.05) is 5.32 Å². The van der Waals surface area contributed by atoms with E-state index < -0.39 is 35.6 Å². The number of aromatic nitrogens is 1. The van der Waals surface area contributed by atoms with Crippen molar-refractivity contribution in [1.82, 2.24) is 4.98 Å². The summed E-state index contributed by atoms with van der Waals surface area (Å²) in [6.07, 6.45) is -6.57. The molecular formula is C20H22ClF3N2O3. The Morgan fingerprint density at radius 2 is 1.66 bits per heavy atom. The van der Waals surface area contributed by atoms with Gasteiger partial charge in [0.2, 0.25) is 0 Å². The van der Waals surface area contributed by atoms with Gasteiger partial charge in [-0.1, -0.05) is 11.6 Å². The summed E-state index contributed by atoms with van der Waals surface area (Å²) in [6.45, 7) is 6.50. The van der Waals surface area contributed by atoms with E-state index in [1.807, 2.05) is 0 Å². The fourth-order valence-corrected chi connectivity index (χ4v) is 3.76. The molecule has 1 atom stereocenters. The van der Waals surface area contributed by atoms with Crippen molar-refractivity contribution in [2.24, 2.45) is 0 Å². The Kier molecular flexibility index (Phi) is 5.73. The number of alkyl halides is 3. The second-order valence-electron chi connectivity index (χ2n) is 7.42. The zero-order chi connectivity index (χ0) is 21.6. The predicted molar refractivity (Wildman–Crippen MR) is 105 cm³/mol. The van der Waals surface area contributed by atoms with E-state index in [-0.39, 0.29) is 27.5 Å². The Bertz CT molecular complexity index is 949. The first-order valence-corrected chi connectivity index (χ1v) is 9.53. The van der Waals surface area contributed by atoms with Gasteiger partial charge in [0.25, 0.3) is 5.56 Å². The minimum absolute atomic E-state index is 0.112. The van der Waals surface area contributed by atoms with Crippen LogP contribution < -0.4 is 10.9 Å². The van der Waals surface area contributed by atoms with Gasteiger partial charge in [-0.25, -0.2) is 0 Å². The van der Waals surface area contributed by atoms with Gasteiger partial charge in [-0.2, -0.15) is 13.2 Å². The first-order valence-electron chi connectivity index (χ1n) is 9.15. The van der Waals surface area contributed by atoms with Gasteiger partial charge >= 0.3 is 6.18 Å². The third-order valence-electron chi connectivity index (χ3n) is 4.64. The number of fused-ring (bicyclic) bond motifs is 2. The zero-order valence-electron chi connectivity index (χ0n) is 16.4. The van der Waals surface area contributed by atoms with E-state index in [2.05, 4.69) is 10.3 Å². The lowest BCUT2D eigenvalue weighted by atomic mass is 9.69. The maximum atomic E-state index is 15.0. The number of nitrogens with one attached hydrogen (secondary N) is 2. The maximum absolute atomic E-state index is 15.0. The molecule has 1 unspecified atom stereocenters. The number of hydrogen-bond donors (Lipinski definition) is 2. The van der Waals surface area contributed by atoms with Gasteiger partial charge in [0.1, 0.15) is 5.69 Å². The molecule has 0 amide bonds. The molecular weight excluding hydrogens is 409 g/mol. The van der Waals surface area contributed by atoms with Gasteiger partial charge in [0.05, 0.1) is 12.2 Å². The van der Waals surface area contributed by atoms with Crippen LogP contribution in [0.5, 0.6) is 0 Å². The molecule has 0 fully saturated rings. The van der Waals surface area contributed by atoms with Gasteiger partial charge < -0.3 is 19.8 Å². The summed E-state index contributed by atoms with van der Waals surface area (Å²) in [5.74, 6) is 0. The summed E-state index contributed by atoms with van der Waals surface area (Å²) in [4.78, 5) is 14.8. The van der Waals surface area contributed by atoms with Crippen molar-refractivity contribution in [1.29, 1.82) is 0 Å². The molecule has 9 heteroatoms. The molecule has 0 aliphatic carbocycles. The van der Waals surface area contributed by atoms with Crippen molar-refractivity contribution in [3.63, 3.8) is 0 Å². The minimum atomic E-state index is -4.87. The molecule has 0 saturated heterocycles. The summed E-state index contributed by atoms with van der Waals surface area (Å²) in [5, 5.41) is 2.94. The molecule has 1 aliphatic heterocycles. The fourth-order valence-electron chi connectivity index (χ4n) is 3.59. The van der Waals surface area contributed by atoms with Gasteiger partial charge in [-0.3, -0.25) is 4.79 Å². The van der Waals surface area contributed by atoms with Crippen LogP contribution in [0, 0.1) is 0 Å². The molecule has 0 spiro atoms. The van der Waals surface area contributed by atoms with Crippen molar-refractivity contribution in [3.05, 3.63) is 57.0 Å². The van der Waals surface area contributed by atoms with Gasteiger partial charge in [0, 0.05) is 28.0 Å². The Labute approximate surface area is 171 Å². The fraction of sp³-hybridized carbons (Fsp3) is 0.450. The van der Waals surface area contributed by atoms with Crippen LogP contribution in [0.2, 0.25) is 5.02 Å². The molecule has 158 valence electrons. The van der Waals surface area contributed by atoms with Crippen molar-refractivity contribution >= 4 is 23.0 Å². The van der Waals surface area contributed by atoms with Crippen LogP contribution in [0.3, 0.4) is 0 Å². The van der Waals surface area contributed by atoms with Crippen LogP contribution in [0.15, 0.2) is 35.3 Å². The number of hydrogen-bond acceptors (Lipinski definition) is 4. The Balaban J connectivity index is 2.46.